The Morgan fingerprint density at radius 1 is 0.550 bits per heavy atom. The number of hydrogen-bond donors (Lipinski definition) is 2. The first kappa shape index (κ1) is 21.7. The molecular weight excluding hydrogens is 510 g/mol. The molecule has 0 saturated heterocycles. The summed E-state index contributed by atoms with van der Waals surface area (Å²) in [5.74, 6) is 0.857. The van der Waals surface area contributed by atoms with Gasteiger partial charge in [0.2, 0.25) is 0 Å². The summed E-state index contributed by atoms with van der Waals surface area (Å²) in [6.07, 6.45) is 3.53. The number of para-hydroxylation sites is 1. The van der Waals surface area contributed by atoms with Crippen molar-refractivity contribution < 1.29 is 0 Å². The monoisotopic (exact) mass is 531 g/mol. The van der Waals surface area contributed by atoms with Gasteiger partial charge in [-0.1, -0.05) is 66.7 Å². The van der Waals surface area contributed by atoms with Gasteiger partial charge >= 0.3 is 0 Å². The van der Waals surface area contributed by atoms with Crippen molar-refractivity contribution in [1.82, 2.24) is 25.4 Å². The highest BCUT2D eigenvalue weighted by atomic mass is 32.1. The number of fused-ring (bicyclic) bond motifs is 8. The number of aromatic nitrogens is 3. The van der Waals surface area contributed by atoms with Crippen LogP contribution in [0.2, 0.25) is 0 Å². The maximum atomic E-state index is 4.87. The number of hydrazine groups is 1. The predicted molar refractivity (Wildman–Crippen MR) is 165 cm³/mol. The summed E-state index contributed by atoms with van der Waals surface area (Å²) in [5.41, 5.74) is 11.3. The van der Waals surface area contributed by atoms with E-state index in [4.69, 9.17) is 9.97 Å². The zero-order valence-electron chi connectivity index (χ0n) is 21.2. The Bertz CT molecular complexity index is 2450. The van der Waals surface area contributed by atoms with Gasteiger partial charge in [-0.05, 0) is 47.2 Å². The summed E-state index contributed by atoms with van der Waals surface area (Å²) in [4.78, 5) is 9.71. The minimum atomic E-state index is 0.808. The second-order valence-corrected chi connectivity index (χ2v) is 11.2. The standard InChI is InChI=1S/C34H21N5S/c1-2-8-21-19-28-25(17-20(21)7-1)23-9-3-5-11-27(23)39(28)34-33-32(35-15-16-36-33)31(37-38-34)22-13-14-30-26(18-22)24-10-4-6-12-29(24)40-30/h1-19,37-38H. The lowest BCUT2D eigenvalue weighted by atomic mass is 10.1. The van der Waals surface area contributed by atoms with Crippen molar-refractivity contribution in [2.45, 2.75) is 0 Å². The lowest BCUT2D eigenvalue weighted by molar-refractivity contribution is 0.741. The molecule has 0 spiro atoms. The van der Waals surface area contributed by atoms with Crippen molar-refractivity contribution in [2.75, 3.05) is 0 Å². The number of nitrogens with zero attached hydrogens (tertiary/aromatic N) is 3. The van der Waals surface area contributed by atoms with Crippen LogP contribution in [-0.2, 0) is 0 Å². The van der Waals surface area contributed by atoms with Crippen LogP contribution in [0.5, 0.6) is 0 Å². The van der Waals surface area contributed by atoms with Crippen LogP contribution in [0.3, 0.4) is 0 Å². The average molecular weight is 532 g/mol. The summed E-state index contributed by atoms with van der Waals surface area (Å²) >= 11 is 1.82. The highest BCUT2D eigenvalue weighted by molar-refractivity contribution is 7.25. The molecule has 4 heterocycles. The summed E-state index contributed by atoms with van der Waals surface area (Å²) in [6, 6.07) is 36.8. The number of thiophene rings is 1. The Labute approximate surface area is 232 Å². The summed E-state index contributed by atoms with van der Waals surface area (Å²) in [6.45, 7) is 0. The summed E-state index contributed by atoms with van der Waals surface area (Å²) < 4.78 is 4.84. The van der Waals surface area contributed by atoms with Gasteiger partial charge in [0.25, 0.3) is 0 Å². The van der Waals surface area contributed by atoms with Gasteiger partial charge in [0.15, 0.2) is 5.82 Å². The minimum Gasteiger partial charge on any atom is -0.297 e. The Balaban J connectivity index is 1.37. The molecule has 1 aliphatic heterocycles. The van der Waals surface area contributed by atoms with Gasteiger partial charge in [0.05, 0.1) is 16.7 Å². The first-order valence-electron chi connectivity index (χ1n) is 13.3. The van der Waals surface area contributed by atoms with E-state index >= 15 is 0 Å². The van der Waals surface area contributed by atoms with Crippen molar-refractivity contribution in [1.29, 1.82) is 0 Å². The smallest absolute Gasteiger partial charge is 0.158 e. The molecule has 0 amide bonds. The van der Waals surface area contributed by atoms with E-state index in [1.807, 2.05) is 11.3 Å². The molecule has 9 rings (SSSR count). The SMILES string of the molecule is c1ccc2cc3c(cc2c1)c1ccccc1n3C1=c2nccnc2=C(c2ccc3sc4ccccc4c3c2)NN1. The zero-order valence-corrected chi connectivity index (χ0v) is 22.0. The molecule has 0 bridgehead atoms. The lowest BCUT2D eigenvalue weighted by Gasteiger charge is -2.22. The van der Waals surface area contributed by atoms with Crippen LogP contribution in [0.15, 0.2) is 116 Å². The highest BCUT2D eigenvalue weighted by Crippen LogP contribution is 2.36. The van der Waals surface area contributed by atoms with Gasteiger partial charge < -0.3 is 0 Å². The lowest BCUT2D eigenvalue weighted by Crippen LogP contribution is -2.51. The van der Waals surface area contributed by atoms with Crippen LogP contribution in [0.25, 0.3) is 64.3 Å². The van der Waals surface area contributed by atoms with Gasteiger partial charge in [-0.2, -0.15) is 0 Å². The van der Waals surface area contributed by atoms with Crippen LogP contribution in [0.4, 0.5) is 0 Å². The Morgan fingerprint density at radius 2 is 1.27 bits per heavy atom. The van der Waals surface area contributed by atoms with E-state index in [0.29, 0.717) is 0 Å². The predicted octanol–water partition coefficient (Wildman–Crippen LogP) is 5.98. The van der Waals surface area contributed by atoms with E-state index in [2.05, 4.69) is 119 Å². The normalized spacial score (nSPS) is 13.3. The number of benzene rings is 5. The molecule has 3 aromatic heterocycles. The highest BCUT2D eigenvalue weighted by Gasteiger charge is 2.20. The fourth-order valence-electron chi connectivity index (χ4n) is 6.08. The Hall–Kier alpha value is -5.20. The van der Waals surface area contributed by atoms with Gasteiger partial charge in [0, 0.05) is 48.9 Å². The molecule has 0 unspecified atom stereocenters. The van der Waals surface area contributed by atoms with E-state index < -0.39 is 0 Å². The average Bonchev–Trinajstić information content (AvgIpc) is 3.54. The van der Waals surface area contributed by atoms with Crippen LogP contribution in [-0.4, -0.2) is 14.5 Å². The first-order valence-corrected chi connectivity index (χ1v) is 14.1. The van der Waals surface area contributed by atoms with Crippen LogP contribution in [0.1, 0.15) is 5.56 Å². The van der Waals surface area contributed by atoms with Gasteiger partial charge in [-0.25, -0.2) is 4.98 Å². The van der Waals surface area contributed by atoms with Crippen LogP contribution >= 0.6 is 11.3 Å². The molecule has 5 aromatic carbocycles. The molecule has 0 aliphatic carbocycles. The fourth-order valence-corrected chi connectivity index (χ4v) is 7.17. The largest absolute Gasteiger partial charge is 0.297 e. The van der Waals surface area contributed by atoms with Crippen molar-refractivity contribution in [3.8, 4) is 0 Å². The molecule has 0 atom stereocenters. The summed E-state index contributed by atoms with van der Waals surface area (Å²) in [7, 11) is 0. The zero-order chi connectivity index (χ0) is 26.2. The number of nitrogens with one attached hydrogen (secondary N) is 2. The molecule has 1 aliphatic rings. The molecule has 8 aromatic rings. The molecule has 40 heavy (non-hydrogen) atoms. The van der Waals surface area contributed by atoms with E-state index in [-0.39, 0.29) is 0 Å². The molecular formula is C34H21N5S. The third-order valence-corrected chi connectivity index (χ3v) is 9.05. The molecule has 0 saturated carbocycles. The topological polar surface area (TPSA) is 54.8 Å². The fraction of sp³-hybridized carbons (Fsp3) is 0. The first-order chi connectivity index (χ1) is 19.8. The van der Waals surface area contributed by atoms with Crippen molar-refractivity contribution in [3.63, 3.8) is 0 Å². The molecule has 2 N–H and O–H groups in total. The van der Waals surface area contributed by atoms with Crippen LogP contribution < -0.4 is 21.5 Å². The number of hydrogen-bond acceptors (Lipinski definition) is 5. The maximum Gasteiger partial charge on any atom is 0.158 e. The number of rotatable bonds is 2. The Morgan fingerprint density at radius 3 is 2.17 bits per heavy atom. The molecule has 188 valence electrons. The van der Waals surface area contributed by atoms with E-state index in [1.165, 1.54) is 41.7 Å². The summed E-state index contributed by atoms with van der Waals surface area (Å²) in [5, 5.41) is 8.99. The van der Waals surface area contributed by atoms with Crippen LogP contribution in [0, 0.1) is 0 Å². The van der Waals surface area contributed by atoms with Gasteiger partial charge in [0.1, 0.15) is 10.7 Å². The van der Waals surface area contributed by atoms with Gasteiger partial charge in [-0.15, -0.1) is 11.3 Å². The van der Waals surface area contributed by atoms with Gasteiger partial charge in [-0.3, -0.25) is 20.4 Å². The molecule has 0 fully saturated rings. The molecule has 6 heteroatoms. The minimum absolute atomic E-state index is 0.808. The molecule has 5 nitrogen and oxygen atoms in total. The van der Waals surface area contributed by atoms with E-state index in [1.54, 1.807) is 12.4 Å². The van der Waals surface area contributed by atoms with Crippen molar-refractivity contribution in [2.24, 2.45) is 0 Å². The second kappa shape index (κ2) is 8.15. The maximum absolute atomic E-state index is 4.87. The Kier molecular flexibility index (Phi) is 4.42. The second-order valence-electron chi connectivity index (χ2n) is 10.1. The van der Waals surface area contributed by atoms with Crippen molar-refractivity contribution in [3.05, 3.63) is 132 Å². The third kappa shape index (κ3) is 3.02. The van der Waals surface area contributed by atoms with E-state index in [9.17, 15) is 0 Å². The van der Waals surface area contributed by atoms with Crippen molar-refractivity contribution >= 4 is 75.6 Å². The third-order valence-electron chi connectivity index (χ3n) is 7.89. The quantitative estimate of drug-likeness (QED) is 0.288. The molecule has 0 radical (unpaired) electrons. The van der Waals surface area contributed by atoms with E-state index in [0.717, 1.165) is 38.8 Å².